The predicted molar refractivity (Wildman–Crippen MR) is 56.4 cm³/mol. The van der Waals surface area contributed by atoms with E-state index in [1.807, 2.05) is 36.4 Å². The molecule has 0 bridgehead atoms. The number of carbonyl (C=O) groups excluding carboxylic acids is 1. The molecular formula is C12H9NO2. The molecule has 1 aliphatic heterocycles. The third kappa shape index (κ3) is 1.24. The van der Waals surface area contributed by atoms with Gasteiger partial charge in [-0.3, -0.25) is 4.79 Å². The molecule has 3 heteroatoms. The zero-order chi connectivity index (χ0) is 10.3. The molecule has 1 heterocycles. The predicted octanol–water partition coefficient (Wildman–Crippen LogP) is 1.81. The van der Waals surface area contributed by atoms with Crippen LogP contribution in [-0.4, -0.2) is 5.91 Å². The van der Waals surface area contributed by atoms with Crippen LogP contribution in [0.5, 0.6) is 5.75 Å². The molecule has 0 aliphatic carbocycles. The van der Waals surface area contributed by atoms with Gasteiger partial charge in [-0.05, 0) is 16.8 Å². The molecule has 0 atom stereocenters. The maximum Gasteiger partial charge on any atom is 0.257 e. The van der Waals surface area contributed by atoms with E-state index in [1.54, 1.807) is 0 Å². The number of rotatable bonds is 0. The molecule has 15 heavy (non-hydrogen) atoms. The lowest BCUT2D eigenvalue weighted by atomic mass is 10.0. The van der Waals surface area contributed by atoms with E-state index in [1.165, 1.54) is 0 Å². The van der Waals surface area contributed by atoms with Crippen LogP contribution in [0.3, 0.4) is 0 Å². The summed E-state index contributed by atoms with van der Waals surface area (Å²) in [5.41, 5.74) is 3.33. The summed E-state index contributed by atoms with van der Waals surface area (Å²) in [7, 11) is 0. The van der Waals surface area contributed by atoms with Crippen LogP contribution in [0.1, 0.15) is 5.56 Å². The summed E-state index contributed by atoms with van der Waals surface area (Å²) < 4.78 is 0. The van der Waals surface area contributed by atoms with Gasteiger partial charge in [-0.2, -0.15) is 5.48 Å². The van der Waals surface area contributed by atoms with Gasteiger partial charge in [-0.1, -0.05) is 30.3 Å². The van der Waals surface area contributed by atoms with Gasteiger partial charge in [0, 0.05) is 5.56 Å². The van der Waals surface area contributed by atoms with Crippen LogP contribution >= 0.6 is 0 Å². The van der Waals surface area contributed by atoms with Crippen molar-refractivity contribution in [3.8, 4) is 5.75 Å². The summed E-state index contributed by atoms with van der Waals surface area (Å²) in [6.07, 6.45) is 0.386. The molecule has 3 nitrogen and oxygen atoms in total. The minimum absolute atomic E-state index is 0.0983. The van der Waals surface area contributed by atoms with Crippen molar-refractivity contribution in [2.24, 2.45) is 0 Å². The Labute approximate surface area is 86.6 Å². The first kappa shape index (κ1) is 8.29. The second-order valence-corrected chi connectivity index (χ2v) is 3.57. The van der Waals surface area contributed by atoms with E-state index >= 15 is 0 Å². The second kappa shape index (κ2) is 2.98. The van der Waals surface area contributed by atoms with E-state index in [9.17, 15) is 4.79 Å². The minimum Gasteiger partial charge on any atom is -0.379 e. The smallest absolute Gasteiger partial charge is 0.257 e. The summed E-state index contributed by atoms with van der Waals surface area (Å²) in [6.45, 7) is 0. The summed E-state index contributed by atoms with van der Waals surface area (Å²) >= 11 is 0. The Bertz CT molecular complexity index is 548. The molecule has 0 saturated heterocycles. The zero-order valence-electron chi connectivity index (χ0n) is 7.99. The van der Waals surface area contributed by atoms with Crippen LogP contribution < -0.4 is 10.3 Å². The highest BCUT2D eigenvalue weighted by Crippen LogP contribution is 2.29. The molecule has 1 amide bonds. The molecule has 1 aliphatic rings. The Hall–Kier alpha value is -2.03. The van der Waals surface area contributed by atoms with E-state index in [-0.39, 0.29) is 5.91 Å². The van der Waals surface area contributed by atoms with Crippen molar-refractivity contribution >= 4 is 16.7 Å². The quantitative estimate of drug-likeness (QED) is 0.702. The summed E-state index contributed by atoms with van der Waals surface area (Å²) in [6, 6.07) is 11.9. The number of hydrogen-bond donors (Lipinski definition) is 1. The molecular weight excluding hydrogens is 190 g/mol. The third-order valence-corrected chi connectivity index (χ3v) is 2.61. The van der Waals surface area contributed by atoms with Crippen LogP contribution in [0.4, 0.5) is 0 Å². The first-order chi connectivity index (χ1) is 7.34. The van der Waals surface area contributed by atoms with Gasteiger partial charge >= 0.3 is 0 Å². The Morgan fingerprint density at radius 2 is 2.00 bits per heavy atom. The van der Waals surface area contributed by atoms with E-state index in [2.05, 4.69) is 5.48 Å². The SMILES string of the molecule is O=C1Cc2c(ccc3ccccc23)ON1. The van der Waals surface area contributed by atoms with Crippen molar-refractivity contribution in [1.82, 2.24) is 5.48 Å². The topological polar surface area (TPSA) is 38.3 Å². The lowest BCUT2D eigenvalue weighted by Gasteiger charge is -2.18. The third-order valence-electron chi connectivity index (χ3n) is 2.61. The molecule has 0 saturated carbocycles. The molecule has 74 valence electrons. The number of benzene rings is 2. The molecule has 0 unspecified atom stereocenters. The van der Waals surface area contributed by atoms with Crippen molar-refractivity contribution in [3.63, 3.8) is 0 Å². The summed E-state index contributed by atoms with van der Waals surface area (Å²) in [5, 5.41) is 2.22. The number of hydrogen-bond acceptors (Lipinski definition) is 2. The van der Waals surface area contributed by atoms with Crippen molar-refractivity contribution < 1.29 is 9.63 Å². The van der Waals surface area contributed by atoms with Gasteiger partial charge in [0.2, 0.25) is 0 Å². The average molecular weight is 199 g/mol. The fourth-order valence-corrected chi connectivity index (χ4v) is 1.90. The Kier molecular flexibility index (Phi) is 1.65. The fraction of sp³-hybridized carbons (Fsp3) is 0.0833. The van der Waals surface area contributed by atoms with Crippen molar-refractivity contribution in [1.29, 1.82) is 0 Å². The lowest BCUT2D eigenvalue weighted by molar-refractivity contribution is -0.128. The van der Waals surface area contributed by atoms with Gasteiger partial charge in [-0.15, -0.1) is 0 Å². The van der Waals surface area contributed by atoms with Crippen molar-refractivity contribution in [2.45, 2.75) is 6.42 Å². The van der Waals surface area contributed by atoms with E-state index < -0.39 is 0 Å². The Morgan fingerprint density at radius 3 is 2.93 bits per heavy atom. The molecule has 0 aromatic heterocycles. The average Bonchev–Trinajstić information content (AvgIpc) is 2.29. The first-order valence-corrected chi connectivity index (χ1v) is 4.81. The van der Waals surface area contributed by atoms with Crippen molar-refractivity contribution in [2.75, 3.05) is 0 Å². The van der Waals surface area contributed by atoms with Gasteiger partial charge in [-0.25, -0.2) is 0 Å². The molecule has 3 rings (SSSR count). The van der Waals surface area contributed by atoms with Crippen LogP contribution in [0.2, 0.25) is 0 Å². The van der Waals surface area contributed by atoms with Gasteiger partial charge in [0.1, 0.15) is 0 Å². The van der Waals surface area contributed by atoms with E-state index in [4.69, 9.17) is 4.84 Å². The highest BCUT2D eigenvalue weighted by Gasteiger charge is 2.18. The molecule has 2 aromatic carbocycles. The molecule has 0 fully saturated rings. The largest absolute Gasteiger partial charge is 0.379 e. The number of fused-ring (bicyclic) bond motifs is 3. The maximum atomic E-state index is 11.2. The van der Waals surface area contributed by atoms with Crippen LogP contribution in [0, 0.1) is 0 Å². The highest BCUT2D eigenvalue weighted by atomic mass is 16.7. The maximum absolute atomic E-state index is 11.2. The number of hydroxylamine groups is 1. The van der Waals surface area contributed by atoms with Gasteiger partial charge in [0.25, 0.3) is 5.91 Å². The number of nitrogens with one attached hydrogen (secondary N) is 1. The second-order valence-electron chi connectivity index (χ2n) is 3.57. The summed E-state index contributed by atoms with van der Waals surface area (Å²) in [4.78, 5) is 16.4. The number of carbonyl (C=O) groups is 1. The van der Waals surface area contributed by atoms with Crippen LogP contribution in [0.15, 0.2) is 36.4 Å². The normalized spacial score (nSPS) is 14.3. The first-order valence-electron chi connectivity index (χ1n) is 4.81. The van der Waals surface area contributed by atoms with Gasteiger partial charge in [0.15, 0.2) is 5.75 Å². The highest BCUT2D eigenvalue weighted by molar-refractivity contribution is 5.93. The number of amides is 1. The fourth-order valence-electron chi connectivity index (χ4n) is 1.90. The minimum atomic E-state index is -0.0983. The van der Waals surface area contributed by atoms with Crippen molar-refractivity contribution in [3.05, 3.63) is 42.0 Å². The Balaban J connectivity index is 2.32. The zero-order valence-corrected chi connectivity index (χ0v) is 7.99. The van der Waals surface area contributed by atoms with Crippen LogP contribution in [-0.2, 0) is 11.2 Å². The Morgan fingerprint density at radius 1 is 1.13 bits per heavy atom. The molecule has 1 N–H and O–H groups in total. The summed E-state index contributed by atoms with van der Waals surface area (Å²) in [5.74, 6) is 0.646. The van der Waals surface area contributed by atoms with E-state index in [0.717, 1.165) is 22.1 Å². The van der Waals surface area contributed by atoms with Gasteiger partial charge < -0.3 is 4.84 Å². The standard InChI is InChI=1S/C12H9NO2/c14-12-7-10-9-4-2-1-3-8(9)5-6-11(10)15-13-12/h1-6H,7H2,(H,13,14). The molecule has 0 spiro atoms. The van der Waals surface area contributed by atoms with Crippen LogP contribution in [0.25, 0.3) is 10.8 Å². The monoisotopic (exact) mass is 199 g/mol. The lowest BCUT2D eigenvalue weighted by Crippen LogP contribution is -2.33. The van der Waals surface area contributed by atoms with Gasteiger partial charge in [0.05, 0.1) is 6.42 Å². The molecule has 0 radical (unpaired) electrons. The van der Waals surface area contributed by atoms with E-state index in [0.29, 0.717) is 6.42 Å². The molecule has 2 aromatic rings.